The first kappa shape index (κ1) is 18.0. The van der Waals surface area contributed by atoms with Crippen molar-refractivity contribution in [3.63, 3.8) is 0 Å². The lowest BCUT2D eigenvalue weighted by Crippen LogP contribution is -2.25. The number of halogens is 1. The molecule has 0 fully saturated rings. The van der Waals surface area contributed by atoms with E-state index in [1.165, 1.54) is 23.7 Å². The minimum Gasteiger partial charge on any atom is -0.324 e. The van der Waals surface area contributed by atoms with Gasteiger partial charge in [0.15, 0.2) is 0 Å². The third-order valence-corrected chi connectivity index (χ3v) is 4.01. The molecule has 0 aromatic heterocycles. The summed E-state index contributed by atoms with van der Waals surface area (Å²) in [4.78, 5) is 24.1. The van der Waals surface area contributed by atoms with E-state index in [4.69, 9.17) is 16.8 Å². The Balaban J connectivity index is 2.23. The molecule has 1 atom stereocenters. The Labute approximate surface area is 145 Å². The summed E-state index contributed by atoms with van der Waals surface area (Å²) in [5, 5.41) is 11.7. The molecule has 0 bridgehead atoms. The van der Waals surface area contributed by atoms with Crippen molar-refractivity contribution in [3.05, 3.63) is 64.7 Å². The van der Waals surface area contributed by atoms with Crippen molar-refractivity contribution >= 4 is 29.1 Å². The standard InChI is InChI=1S/C18H19ClN2O3/c1-11(2)16(12-6-4-3-5-7-12)18(23)20-15-9-8-13(10-14(15)19)17(22)21-24/h3-11,16,24H,1-2H3,(H,20,23)(H,21,22). The second-order valence-corrected chi connectivity index (χ2v) is 6.16. The van der Waals surface area contributed by atoms with E-state index in [0.717, 1.165) is 5.56 Å². The van der Waals surface area contributed by atoms with E-state index in [1.54, 1.807) is 0 Å². The number of hydrogen-bond acceptors (Lipinski definition) is 3. The maximum absolute atomic E-state index is 12.7. The van der Waals surface area contributed by atoms with Gasteiger partial charge in [-0.3, -0.25) is 14.8 Å². The van der Waals surface area contributed by atoms with Crippen molar-refractivity contribution in [1.29, 1.82) is 0 Å². The molecule has 0 aliphatic carbocycles. The number of anilines is 1. The van der Waals surface area contributed by atoms with Crippen LogP contribution in [0.5, 0.6) is 0 Å². The number of hydrogen-bond donors (Lipinski definition) is 3. The fraction of sp³-hybridized carbons (Fsp3) is 0.222. The van der Waals surface area contributed by atoms with Gasteiger partial charge in [-0.1, -0.05) is 55.8 Å². The maximum Gasteiger partial charge on any atom is 0.274 e. The molecular formula is C18H19ClN2O3. The molecule has 0 saturated carbocycles. The summed E-state index contributed by atoms with van der Waals surface area (Å²) in [6.45, 7) is 3.96. The molecule has 3 N–H and O–H groups in total. The molecule has 0 aliphatic heterocycles. The Morgan fingerprint density at radius 2 is 1.75 bits per heavy atom. The van der Waals surface area contributed by atoms with Crippen LogP contribution in [0.2, 0.25) is 5.02 Å². The van der Waals surface area contributed by atoms with Crippen LogP contribution < -0.4 is 10.8 Å². The Hall–Kier alpha value is -2.37. The molecule has 2 aromatic carbocycles. The minimum atomic E-state index is -0.667. The summed E-state index contributed by atoms with van der Waals surface area (Å²) in [7, 11) is 0. The van der Waals surface area contributed by atoms with Crippen LogP contribution in [-0.4, -0.2) is 17.0 Å². The SMILES string of the molecule is CC(C)C(C(=O)Nc1ccc(C(=O)NO)cc1Cl)c1ccccc1. The van der Waals surface area contributed by atoms with Gasteiger partial charge >= 0.3 is 0 Å². The zero-order valence-corrected chi connectivity index (χ0v) is 14.2. The van der Waals surface area contributed by atoms with Gasteiger partial charge in [0.25, 0.3) is 5.91 Å². The van der Waals surface area contributed by atoms with E-state index in [0.29, 0.717) is 5.69 Å². The average Bonchev–Trinajstić information content (AvgIpc) is 2.56. The smallest absolute Gasteiger partial charge is 0.274 e. The van der Waals surface area contributed by atoms with Gasteiger partial charge in [0.05, 0.1) is 16.6 Å². The molecule has 0 spiro atoms. The molecule has 0 radical (unpaired) electrons. The highest BCUT2D eigenvalue weighted by Crippen LogP contribution is 2.29. The third kappa shape index (κ3) is 4.13. The molecular weight excluding hydrogens is 328 g/mol. The molecule has 2 rings (SSSR count). The fourth-order valence-electron chi connectivity index (χ4n) is 2.53. The van der Waals surface area contributed by atoms with Crippen molar-refractivity contribution in [2.24, 2.45) is 5.92 Å². The van der Waals surface area contributed by atoms with Crippen molar-refractivity contribution < 1.29 is 14.8 Å². The Morgan fingerprint density at radius 3 is 2.29 bits per heavy atom. The van der Waals surface area contributed by atoms with Gasteiger partial charge in [-0.25, -0.2) is 5.48 Å². The van der Waals surface area contributed by atoms with Gasteiger partial charge in [-0.2, -0.15) is 0 Å². The van der Waals surface area contributed by atoms with Crippen molar-refractivity contribution in [1.82, 2.24) is 5.48 Å². The highest BCUT2D eigenvalue weighted by atomic mass is 35.5. The zero-order chi connectivity index (χ0) is 17.7. The normalized spacial score (nSPS) is 11.9. The summed E-state index contributed by atoms with van der Waals surface area (Å²) in [6.07, 6.45) is 0. The summed E-state index contributed by atoms with van der Waals surface area (Å²) < 4.78 is 0. The highest BCUT2D eigenvalue weighted by molar-refractivity contribution is 6.34. The van der Waals surface area contributed by atoms with E-state index in [2.05, 4.69) is 5.32 Å². The van der Waals surface area contributed by atoms with Gasteiger partial charge in [-0.15, -0.1) is 0 Å². The zero-order valence-electron chi connectivity index (χ0n) is 13.4. The minimum absolute atomic E-state index is 0.102. The molecule has 1 unspecified atom stereocenters. The van der Waals surface area contributed by atoms with Crippen molar-refractivity contribution in [2.75, 3.05) is 5.32 Å². The maximum atomic E-state index is 12.7. The number of benzene rings is 2. The fourth-order valence-corrected chi connectivity index (χ4v) is 2.76. The summed E-state index contributed by atoms with van der Waals surface area (Å²) in [5.41, 5.74) is 3.08. The number of rotatable bonds is 5. The van der Waals surface area contributed by atoms with Crippen molar-refractivity contribution in [2.45, 2.75) is 19.8 Å². The predicted molar refractivity (Wildman–Crippen MR) is 93.4 cm³/mol. The van der Waals surface area contributed by atoms with Crippen LogP contribution in [0.15, 0.2) is 48.5 Å². The number of carbonyl (C=O) groups is 2. The summed E-state index contributed by atoms with van der Waals surface area (Å²) >= 11 is 6.13. The molecule has 0 saturated heterocycles. The number of hydroxylamine groups is 1. The molecule has 2 amide bonds. The lowest BCUT2D eigenvalue weighted by atomic mass is 9.87. The van der Waals surface area contributed by atoms with Crippen LogP contribution in [0.4, 0.5) is 5.69 Å². The lowest BCUT2D eigenvalue weighted by Gasteiger charge is -2.21. The topological polar surface area (TPSA) is 78.4 Å². The van der Waals surface area contributed by atoms with Crippen LogP contribution in [0, 0.1) is 5.92 Å². The monoisotopic (exact) mass is 346 g/mol. The van der Waals surface area contributed by atoms with E-state index in [9.17, 15) is 9.59 Å². The van der Waals surface area contributed by atoms with Crippen LogP contribution >= 0.6 is 11.6 Å². The van der Waals surface area contributed by atoms with Gasteiger partial charge in [0, 0.05) is 5.56 Å². The first-order valence-electron chi connectivity index (χ1n) is 7.53. The van der Waals surface area contributed by atoms with Gasteiger partial charge in [-0.05, 0) is 29.7 Å². The first-order chi connectivity index (χ1) is 11.4. The second kappa shape index (κ2) is 7.95. The highest BCUT2D eigenvalue weighted by Gasteiger charge is 2.24. The van der Waals surface area contributed by atoms with Crippen molar-refractivity contribution in [3.8, 4) is 0 Å². The molecule has 0 aliphatic rings. The predicted octanol–water partition coefficient (Wildman–Crippen LogP) is 3.84. The van der Waals surface area contributed by atoms with E-state index < -0.39 is 5.91 Å². The molecule has 24 heavy (non-hydrogen) atoms. The van der Waals surface area contributed by atoms with Crippen LogP contribution in [0.1, 0.15) is 35.7 Å². The molecule has 126 valence electrons. The average molecular weight is 347 g/mol. The van der Waals surface area contributed by atoms with Gasteiger partial charge in [0.1, 0.15) is 0 Å². The van der Waals surface area contributed by atoms with Gasteiger partial charge in [0.2, 0.25) is 5.91 Å². The molecule has 2 aromatic rings. The van der Waals surface area contributed by atoms with E-state index in [-0.39, 0.29) is 28.3 Å². The summed E-state index contributed by atoms with van der Waals surface area (Å²) in [6, 6.07) is 13.9. The number of carbonyl (C=O) groups excluding carboxylic acids is 2. The Morgan fingerprint density at radius 1 is 1.08 bits per heavy atom. The van der Waals surface area contributed by atoms with Gasteiger partial charge < -0.3 is 5.32 Å². The third-order valence-electron chi connectivity index (χ3n) is 3.70. The Bertz CT molecular complexity index is 732. The number of amides is 2. The van der Waals surface area contributed by atoms with Crippen LogP contribution in [0.3, 0.4) is 0 Å². The quantitative estimate of drug-likeness (QED) is 0.568. The lowest BCUT2D eigenvalue weighted by molar-refractivity contribution is -0.118. The van der Waals surface area contributed by atoms with Crippen LogP contribution in [-0.2, 0) is 4.79 Å². The molecule has 5 nitrogen and oxygen atoms in total. The van der Waals surface area contributed by atoms with E-state index >= 15 is 0 Å². The first-order valence-corrected chi connectivity index (χ1v) is 7.91. The second-order valence-electron chi connectivity index (χ2n) is 5.76. The molecule has 0 heterocycles. The summed E-state index contributed by atoms with van der Waals surface area (Å²) in [5.74, 6) is -1.05. The van der Waals surface area contributed by atoms with Crippen LogP contribution in [0.25, 0.3) is 0 Å². The molecule has 6 heteroatoms. The Kier molecular flexibility index (Phi) is 5.95. The number of nitrogens with one attached hydrogen (secondary N) is 2. The van der Waals surface area contributed by atoms with E-state index in [1.807, 2.05) is 44.2 Å². The largest absolute Gasteiger partial charge is 0.324 e.